The molecule has 0 heterocycles. The van der Waals surface area contributed by atoms with Crippen LogP contribution in [0.4, 0.5) is 0 Å². The van der Waals surface area contributed by atoms with E-state index in [1.165, 1.54) is 77.0 Å². The zero-order chi connectivity index (χ0) is 23.7. The van der Waals surface area contributed by atoms with Crippen LogP contribution in [0.25, 0.3) is 0 Å². The molecule has 0 aliphatic rings. The van der Waals surface area contributed by atoms with Gasteiger partial charge in [0.15, 0.2) is 0 Å². The van der Waals surface area contributed by atoms with E-state index < -0.39 is 36.8 Å². The van der Waals surface area contributed by atoms with Crippen LogP contribution in [-0.4, -0.2) is 36.8 Å². The molecule has 0 nitrogen and oxygen atoms in total. The van der Waals surface area contributed by atoms with E-state index >= 15 is 0 Å². The molecule has 0 bridgehead atoms. The summed E-state index contributed by atoms with van der Waals surface area (Å²) in [7, 11) is 0. The Labute approximate surface area is 211 Å². The summed E-state index contributed by atoms with van der Waals surface area (Å²) in [4.78, 5) is 0. The van der Waals surface area contributed by atoms with Gasteiger partial charge in [-0.2, -0.15) is 0 Å². The van der Waals surface area contributed by atoms with E-state index in [2.05, 4.69) is 65.8 Å². The van der Waals surface area contributed by atoms with Crippen LogP contribution in [0.3, 0.4) is 0 Å². The Morgan fingerprint density at radius 3 is 0.906 bits per heavy atom. The molecule has 1 rings (SSSR count). The maximum absolute atomic E-state index is 2.91. The van der Waals surface area contributed by atoms with Crippen LogP contribution in [0, 0.1) is 0 Å². The zero-order valence-corrected chi connectivity index (χ0v) is 28.7. The summed E-state index contributed by atoms with van der Waals surface area (Å²) >= 11 is -4.69. The predicted octanol–water partition coefficient (Wildman–Crippen LogP) is 9.80. The van der Waals surface area contributed by atoms with Gasteiger partial charge in [0, 0.05) is 0 Å². The Balaban J connectivity index is 3.49. The van der Waals surface area contributed by atoms with Gasteiger partial charge in [0.2, 0.25) is 0 Å². The standard InChI is InChI=1S/C6H4.6C4H9.2Sn/c1-2-4-6-5-3-1;6*1-3-4-2;;/h1-3,6H;6*1,3-4H2,2H3;;. The summed E-state index contributed by atoms with van der Waals surface area (Å²) in [5.74, 6) is 0. The van der Waals surface area contributed by atoms with Crippen molar-refractivity contribution in [3.63, 3.8) is 0 Å². The van der Waals surface area contributed by atoms with Gasteiger partial charge in [0.1, 0.15) is 0 Å². The van der Waals surface area contributed by atoms with Crippen molar-refractivity contribution in [2.75, 3.05) is 0 Å². The van der Waals surface area contributed by atoms with Crippen molar-refractivity contribution < 1.29 is 0 Å². The van der Waals surface area contributed by atoms with Gasteiger partial charge in [-0.3, -0.25) is 0 Å². The Hall–Kier alpha value is 0.817. The van der Waals surface area contributed by atoms with Crippen molar-refractivity contribution in [2.24, 2.45) is 0 Å². The van der Waals surface area contributed by atoms with Crippen LogP contribution in [-0.2, 0) is 0 Å². The van der Waals surface area contributed by atoms with Crippen molar-refractivity contribution >= 4 is 43.9 Å². The second kappa shape index (κ2) is 18.1. The first-order chi connectivity index (χ1) is 15.6. The third-order valence-corrected chi connectivity index (χ3v) is 39.4. The van der Waals surface area contributed by atoms with Gasteiger partial charge in [-0.15, -0.1) is 0 Å². The minimum absolute atomic E-state index is 1.38. The molecule has 0 aromatic heterocycles. The predicted molar refractivity (Wildman–Crippen MR) is 156 cm³/mol. The first-order valence-electron chi connectivity index (χ1n) is 14.7. The first-order valence-corrected chi connectivity index (χ1v) is 29.6. The molecule has 0 fully saturated rings. The van der Waals surface area contributed by atoms with Crippen LogP contribution >= 0.6 is 0 Å². The molecule has 0 saturated heterocycles. The van der Waals surface area contributed by atoms with E-state index in [9.17, 15) is 0 Å². The fraction of sp³-hybridized carbons (Fsp3) is 0.800. The Kier molecular flexibility index (Phi) is 17.5. The molecule has 2 heteroatoms. The summed E-state index contributed by atoms with van der Waals surface area (Å²) in [5, 5.41) is 0. The van der Waals surface area contributed by atoms with Crippen molar-refractivity contribution in [2.45, 2.75) is 145 Å². The molecule has 186 valence electrons. The topological polar surface area (TPSA) is 0 Å². The molecule has 0 aliphatic heterocycles. The average molecular weight is 656 g/mol. The Morgan fingerprint density at radius 1 is 0.438 bits per heavy atom. The zero-order valence-electron chi connectivity index (χ0n) is 23.0. The monoisotopic (exact) mass is 658 g/mol. The van der Waals surface area contributed by atoms with Gasteiger partial charge >= 0.3 is 213 Å². The molecule has 0 aliphatic carbocycles. The number of unbranched alkanes of at least 4 members (excludes halogenated alkanes) is 6. The SMILES string of the molecule is CCC[CH2][Sn]([CH2]CCC)([CH2]CCC)[c]1ccc[c]([Sn]([CH2]CCC)([CH2]CCC)[CH2]CCC)c1. The molecular formula is C30H58Sn2. The summed E-state index contributed by atoms with van der Waals surface area (Å²) in [6.07, 6.45) is 17.1. The fourth-order valence-corrected chi connectivity index (χ4v) is 39.1. The first kappa shape index (κ1) is 30.8. The average Bonchev–Trinajstić information content (AvgIpc) is 2.83. The van der Waals surface area contributed by atoms with Crippen LogP contribution in [0.1, 0.15) is 119 Å². The molecule has 0 amide bonds. The second-order valence-electron chi connectivity index (χ2n) is 10.8. The molecule has 1 aromatic rings. The van der Waals surface area contributed by atoms with E-state index in [4.69, 9.17) is 0 Å². The number of hydrogen-bond acceptors (Lipinski definition) is 0. The molecule has 0 atom stereocenters. The molecule has 0 N–H and O–H groups in total. The molecule has 0 unspecified atom stereocenters. The van der Waals surface area contributed by atoms with Gasteiger partial charge < -0.3 is 0 Å². The van der Waals surface area contributed by atoms with Crippen LogP contribution < -0.4 is 7.16 Å². The number of hydrogen-bond donors (Lipinski definition) is 0. The normalized spacial score (nSPS) is 12.4. The van der Waals surface area contributed by atoms with E-state index in [-0.39, 0.29) is 0 Å². The van der Waals surface area contributed by atoms with E-state index in [1.807, 2.05) is 7.16 Å². The summed E-state index contributed by atoms with van der Waals surface area (Å²) in [6.45, 7) is 14.5. The Morgan fingerprint density at radius 2 is 0.688 bits per heavy atom. The summed E-state index contributed by atoms with van der Waals surface area (Å²) in [6, 6.07) is 10.7. The second-order valence-corrected chi connectivity index (χ2v) is 37.2. The van der Waals surface area contributed by atoms with E-state index in [0.717, 1.165) is 0 Å². The van der Waals surface area contributed by atoms with Gasteiger partial charge in [-0.1, -0.05) is 0 Å². The van der Waals surface area contributed by atoms with Crippen molar-refractivity contribution in [1.29, 1.82) is 0 Å². The fourth-order valence-electron chi connectivity index (χ4n) is 5.89. The number of rotatable bonds is 20. The van der Waals surface area contributed by atoms with Gasteiger partial charge in [-0.25, -0.2) is 0 Å². The van der Waals surface area contributed by atoms with Gasteiger partial charge in [0.05, 0.1) is 0 Å². The third kappa shape index (κ3) is 9.82. The molecule has 0 radical (unpaired) electrons. The molecule has 1 aromatic carbocycles. The van der Waals surface area contributed by atoms with Crippen molar-refractivity contribution in [3.8, 4) is 0 Å². The molecule has 0 saturated carbocycles. The van der Waals surface area contributed by atoms with Gasteiger partial charge in [-0.05, 0) is 0 Å². The van der Waals surface area contributed by atoms with Gasteiger partial charge in [0.25, 0.3) is 0 Å². The maximum atomic E-state index is 2.91. The quantitative estimate of drug-likeness (QED) is 0.123. The molecule has 0 spiro atoms. The third-order valence-electron chi connectivity index (χ3n) is 8.14. The van der Waals surface area contributed by atoms with E-state index in [1.54, 1.807) is 26.6 Å². The number of benzene rings is 1. The summed E-state index contributed by atoms with van der Waals surface area (Å²) in [5.41, 5.74) is 0. The minimum atomic E-state index is -2.34. The van der Waals surface area contributed by atoms with Crippen LogP contribution in [0.2, 0.25) is 26.6 Å². The Bertz CT molecular complexity index is 489. The molecular weight excluding hydrogens is 598 g/mol. The van der Waals surface area contributed by atoms with Crippen molar-refractivity contribution in [3.05, 3.63) is 24.3 Å². The van der Waals surface area contributed by atoms with Crippen LogP contribution in [0.15, 0.2) is 24.3 Å². The summed E-state index contributed by atoms with van der Waals surface area (Å²) < 4.78 is 13.5. The van der Waals surface area contributed by atoms with Crippen molar-refractivity contribution in [1.82, 2.24) is 0 Å². The van der Waals surface area contributed by atoms with Crippen LogP contribution in [0.5, 0.6) is 0 Å². The van der Waals surface area contributed by atoms with E-state index in [0.29, 0.717) is 0 Å². The molecule has 32 heavy (non-hydrogen) atoms.